The van der Waals surface area contributed by atoms with E-state index in [4.69, 9.17) is 14.2 Å². The van der Waals surface area contributed by atoms with Crippen molar-refractivity contribution in [2.75, 3.05) is 33.7 Å². The summed E-state index contributed by atoms with van der Waals surface area (Å²) in [7, 11) is 1.58. The van der Waals surface area contributed by atoms with E-state index in [-0.39, 0.29) is 25.3 Å². The first-order chi connectivity index (χ1) is 17.7. The predicted octanol–water partition coefficient (Wildman–Crippen LogP) is 6.53. The molecule has 0 fully saturated rings. The summed E-state index contributed by atoms with van der Waals surface area (Å²) in [4.78, 5) is 12.5. The molecule has 1 atom stereocenters. The third-order valence-electron chi connectivity index (χ3n) is 6.08. The predicted molar refractivity (Wildman–Crippen MR) is 145 cm³/mol. The van der Waals surface area contributed by atoms with Gasteiger partial charge in [0.2, 0.25) is 0 Å². The van der Waals surface area contributed by atoms with Crippen molar-refractivity contribution in [3.63, 3.8) is 0 Å². The molecule has 0 amide bonds. The molecule has 36 heavy (non-hydrogen) atoms. The molecule has 0 aliphatic carbocycles. The zero-order valence-corrected chi connectivity index (χ0v) is 21.9. The van der Waals surface area contributed by atoms with Crippen molar-refractivity contribution >= 4 is 5.78 Å². The largest absolute Gasteiger partial charge is 0.394 e. The number of rotatable bonds is 21. The Bertz CT molecular complexity index is 832. The smallest absolute Gasteiger partial charge is 0.193 e. The average Bonchev–Trinajstić information content (AvgIpc) is 2.92. The fraction of sp³-hybridized carbons (Fsp3) is 0.516. The summed E-state index contributed by atoms with van der Waals surface area (Å²) in [6.07, 6.45) is 15.9. The summed E-state index contributed by atoms with van der Waals surface area (Å²) in [6.45, 7) is 1.23. The van der Waals surface area contributed by atoms with Gasteiger partial charge in [0.05, 0.1) is 13.2 Å². The summed E-state index contributed by atoms with van der Waals surface area (Å²) >= 11 is 0. The molecule has 0 aliphatic rings. The first-order valence-corrected chi connectivity index (χ1v) is 13.4. The van der Waals surface area contributed by atoms with Crippen molar-refractivity contribution in [3.05, 3.63) is 83.4 Å². The van der Waals surface area contributed by atoms with Crippen LogP contribution in [0.4, 0.5) is 0 Å². The summed E-state index contributed by atoms with van der Waals surface area (Å²) in [6, 6.07) is 17.5. The first-order valence-electron chi connectivity index (χ1n) is 13.4. The number of aryl methyl sites for hydroxylation is 1. The van der Waals surface area contributed by atoms with E-state index < -0.39 is 0 Å². The van der Waals surface area contributed by atoms with Crippen LogP contribution in [0.25, 0.3) is 0 Å². The number of allylic oxidation sites excluding steroid dienone is 2. The highest BCUT2D eigenvalue weighted by molar-refractivity contribution is 6.08. The molecule has 0 saturated heterocycles. The maximum Gasteiger partial charge on any atom is 0.193 e. The minimum atomic E-state index is -0.261. The molecule has 2 rings (SSSR count). The summed E-state index contributed by atoms with van der Waals surface area (Å²) in [5, 5.41) is 9.27. The van der Waals surface area contributed by atoms with Crippen LogP contribution in [0.5, 0.6) is 0 Å². The van der Waals surface area contributed by atoms with Crippen LogP contribution in [-0.4, -0.2) is 50.7 Å². The normalized spacial score (nSPS) is 12.3. The summed E-state index contributed by atoms with van der Waals surface area (Å²) in [5.74, 6) is 0.0789. The van der Waals surface area contributed by atoms with E-state index in [2.05, 4.69) is 24.3 Å². The van der Waals surface area contributed by atoms with Gasteiger partial charge in [0.25, 0.3) is 0 Å². The monoisotopic (exact) mass is 496 g/mol. The summed E-state index contributed by atoms with van der Waals surface area (Å²) in [5.41, 5.74) is 2.76. The Kier molecular flexibility index (Phi) is 16.5. The highest BCUT2D eigenvalue weighted by atomic mass is 16.7. The van der Waals surface area contributed by atoms with Crippen LogP contribution in [0.2, 0.25) is 0 Å². The molecule has 2 aromatic carbocycles. The van der Waals surface area contributed by atoms with E-state index >= 15 is 0 Å². The van der Waals surface area contributed by atoms with Crippen molar-refractivity contribution in [3.8, 4) is 0 Å². The highest BCUT2D eigenvalue weighted by Gasteiger charge is 2.08. The molecular formula is C31H44O5. The van der Waals surface area contributed by atoms with Crippen molar-refractivity contribution < 1.29 is 24.1 Å². The molecule has 0 aliphatic heterocycles. The maximum absolute atomic E-state index is 12.5. The van der Waals surface area contributed by atoms with E-state index in [1.807, 2.05) is 42.5 Å². The number of hydrogen-bond donors (Lipinski definition) is 1. The summed E-state index contributed by atoms with van der Waals surface area (Å²) < 4.78 is 15.7. The highest BCUT2D eigenvalue weighted by Crippen LogP contribution is 2.13. The Morgan fingerprint density at radius 1 is 0.833 bits per heavy atom. The average molecular weight is 497 g/mol. The zero-order valence-electron chi connectivity index (χ0n) is 21.9. The number of carbonyl (C=O) groups excluding carboxylic acids is 1. The number of hydrogen-bond acceptors (Lipinski definition) is 5. The van der Waals surface area contributed by atoms with Gasteiger partial charge in [0.1, 0.15) is 12.9 Å². The molecule has 0 aromatic heterocycles. The first kappa shape index (κ1) is 29.9. The van der Waals surface area contributed by atoms with Gasteiger partial charge in [-0.2, -0.15) is 0 Å². The van der Waals surface area contributed by atoms with Gasteiger partial charge < -0.3 is 19.3 Å². The van der Waals surface area contributed by atoms with Gasteiger partial charge in [-0.15, -0.1) is 0 Å². The molecule has 5 nitrogen and oxygen atoms in total. The second-order valence-electron chi connectivity index (χ2n) is 9.12. The molecular weight excluding hydrogens is 452 g/mol. The van der Waals surface area contributed by atoms with Crippen LogP contribution in [-0.2, 0) is 20.6 Å². The number of unbranched alkanes of at least 4 members (excludes halogenated alkanes) is 7. The van der Waals surface area contributed by atoms with Crippen LogP contribution >= 0.6 is 0 Å². The van der Waals surface area contributed by atoms with Gasteiger partial charge in [-0.3, -0.25) is 4.79 Å². The Balaban J connectivity index is 1.43. The second-order valence-corrected chi connectivity index (χ2v) is 9.12. The van der Waals surface area contributed by atoms with Crippen LogP contribution in [0, 0.1) is 0 Å². The van der Waals surface area contributed by atoms with Crippen LogP contribution in [0.15, 0.2) is 66.7 Å². The van der Waals surface area contributed by atoms with Crippen LogP contribution < -0.4 is 0 Å². The molecule has 0 spiro atoms. The SMILES string of the molecule is COCOC[C@H](CO)OCCCCCCCC/C=C\CCCc1ccc(C(=O)c2ccccc2)cc1. The Morgan fingerprint density at radius 2 is 1.47 bits per heavy atom. The number of methoxy groups -OCH3 is 1. The molecule has 0 unspecified atom stereocenters. The number of ether oxygens (including phenoxy) is 3. The quantitative estimate of drug-likeness (QED) is 0.0922. The third kappa shape index (κ3) is 13.1. The lowest BCUT2D eigenvalue weighted by Gasteiger charge is -2.15. The van der Waals surface area contributed by atoms with Gasteiger partial charge in [-0.05, 0) is 44.1 Å². The van der Waals surface area contributed by atoms with Crippen molar-refractivity contribution in [1.29, 1.82) is 0 Å². The Hall–Kier alpha value is -2.31. The molecule has 2 aromatic rings. The second kappa shape index (κ2) is 19.8. The maximum atomic E-state index is 12.5. The van der Waals surface area contributed by atoms with Gasteiger partial charge in [0.15, 0.2) is 5.78 Å². The van der Waals surface area contributed by atoms with Gasteiger partial charge in [-0.1, -0.05) is 92.4 Å². The Labute approximate surface area is 217 Å². The molecule has 198 valence electrons. The molecule has 0 bridgehead atoms. The molecule has 1 N–H and O–H groups in total. The van der Waals surface area contributed by atoms with Gasteiger partial charge in [0, 0.05) is 24.8 Å². The fourth-order valence-corrected chi connectivity index (χ4v) is 3.98. The number of carbonyl (C=O) groups is 1. The molecule has 0 heterocycles. The fourth-order valence-electron chi connectivity index (χ4n) is 3.98. The van der Waals surface area contributed by atoms with E-state index in [0.29, 0.717) is 13.2 Å². The number of aliphatic hydroxyl groups is 1. The standard InChI is InChI=1S/C31H44O5/c1-34-26-35-25-30(24-32)36-23-15-10-8-6-4-2-3-5-7-9-12-16-27-19-21-29(22-20-27)31(33)28-17-13-11-14-18-28/h5,7,11,13-14,17-22,30,32H,2-4,6,8-10,12,15-16,23-26H2,1H3/b7-5-/t30-/m0/s1. The van der Waals surface area contributed by atoms with Crippen molar-refractivity contribution in [2.24, 2.45) is 0 Å². The van der Waals surface area contributed by atoms with E-state index in [1.54, 1.807) is 7.11 Å². The van der Waals surface area contributed by atoms with Gasteiger partial charge >= 0.3 is 0 Å². The topological polar surface area (TPSA) is 65.0 Å². The minimum Gasteiger partial charge on any atom is -0.394 e. The number of ketones is 1. The van der Waals surface area contributed by atoms with E-state index in [1.165, 1.54) is 31.2 Å². The molecule has 5 heteroatoms. The minimum absolute atomic E-state index is 0.0261. The van der Waals surface area contributed by atoms with E-state index in [0.717, 1.165) is 49.7 Å². The van der Waals surface area contributed by atoms with Crippen LogP contribution in [0.3, 0.4) is 0 Å². The van der Waals surface area contributed by atoms with E-state index in [9.17, 15) is 9.90 Å². The van der Waals surface area contributed by atoms with Crippen molar-refractivity contribution in [2.45, 2.75) is 70.3 Å². The molecule has 0 saturated carbocycles. The Morgan fingerprint density at radius 3 is 2.17 bits per heavy atom. The van der Waals surface area contributed by atoms with Crippen molar-refractivity contribution in [1.82, 2.24) is 0 Å². The number of aliphatic hydroxyl groups excluding tert-OH is 1. The lowest BCUT2D eigenvalue weighted by Crippen LogP contribution is -2.25. The lowest BCUT2D eigenvalue weighted by molar-refractivity contribution is -0.0913. The van der Waals surface area contributed by atoms with Crippen LogP contribution in [0.1, 0.15) is 79.3 Å². The molecule has 0 radical (unpaired) electrons. The third-order valence-corrected chi connectivity index (χ3v) is 6.08. The number of benzene rings is 2. The lowest BCUT2D eigenvalue weighted by atomic mass is 10.0. The zero-order chi connectivity index (χ0) is 25.7. The van der Waals surface area contributed by atoms with Gasteiger partial charge in [-0.25, -0.2) is 0 Å².